The number of benzene rings is 2. The van der Waals surface area contributed by atoms with Crippen LogP contribution in [-0.2, 0) is 16.0 Å². The number of carbonyl (C=O) groups excluding carboxylic acids is 2. The van der Waals surface area contributed by atoms with Crippen molar-refractivity contribution in [2.45, 2.75) is 44.1 Å². The van der Waals surface area contributed by atoms with E-state index in [1.807, 2.05) is 24.3 Å². The summed E-state index contributed by atoms with van der Waals surface area (Å²) < 4.78 is 13.4. The molecule has 0 aliphatic heterocycles. The smallest absolute Gasteiger partial charge is 0.224 e. The Kier molecular flexibility index (Phi) is 4.05. The van der Waals surface area contributed by atoms with Crippen LogP contribution in [0.2, 0.25) is 0 Å². The minimum Gasteiger partial charge on any atom is -0.343 e. The van der Waals surface area contributed by atoms with E-state index in [1.54, 1.807) is 19.1 Å². The van der Waals surface area contributed by atoms with E-state index in [-0.39, 0.29) is 35.8 Å². The lowest BCUT2D eigenvalue weighted by Gasteiger charge is -2.16. The fraction of sp³-hybridized carbons (Fsp3) is 0.348. The summed E-state index contributed by atoms with van der Waals surface area (Å²) in [6, 6.07) is 12.5. The van der Waals surface area contributed by atoms with Gasteiger partial charge >= 0.3 is 0 Å². The molecule has 2 saturated carbocycles. The normalized spacial score (nSPS) is 21.7. The first-order chi connectivity index (χ1) is 13.9. The molecule has 1 aromatic heterocycles. The zero-order valence-corrected chi connectivity index (χ0v) is 16.2. The summed E-state index contributed by atoms with van der Waals surface area (Å²) in [5, 5.41) is 3.00. The van der Waals surface area contributed by atoms with Crippen LogP contribution in [0.25, 0.3) is 11.0 Å². The summed E-state index contributed by atoms with van der Waals surface area (Å²) >= 11 is 0. The maximum Gasteiger partial charge on any atom is 0.224 e. The van der Waals surface area contributed by atoms with Crippen LogP contribution in [-0.4, -0.2) is 27.2 Å². The molecule has 0 saturated heterocycles. The quantitative estimate of drug-likeness (QED) is 0.675. The number of hydrogen-bond acceptors (Lipinski definition) is 3. The highest BCUT2D eigenvalue weighted by atomic mass is 19.1. The standard InChI is InChI=1S/C23H22FN3O2/c1-13-10-14(6-7-17(13)24)11-20(28)23(8-9-23)27-22(29)16-12-15(16)21-25-18-4-2-3-5-19(18)26-21/h2-7,10,15-16H,8-9,11-12H2,1H3,(H,25,26)(H,27,29)/t15-,16-/m0/s1. The number of para-hydroxylation sites is 2. The third-order valence-corrected chi connectivity index (χ3v) is 6.12. The van der Waals surface area contributed by atoms with E-state index in [1.165, 1.54) is 6.07 Å². The number of halogens is 1. The van der Waals surface area contributed by atoms with Crippen LogP contribution in [0.4, 0.5) is 4.39 Å². The summed E-state index contributed by atoms with van der Waals surface area (Å²) in [4.78, 5) is 33.5. The highest BCUT2D eigenvalue weighted by Crippen LogP contribution is 2.48. The lowest BCUT2D eigenvalue weighted by atomic mass is 10.00. The van der Waals surface area contributed by atoms with E-state index in [0.29, 0.717) is 18.4 Å². The van der Waals surface area contributed by atoms with Crippen LogP contribution >= 0.6 is 0 Å². The van der Waals surface area contributed by atoms with Crippen LogP contribution in [0.3, 0.4) is 0 Å². The molecule has 2 atom stereocenters. The van der Waals surface area contributed by atoms with E-state index in [0.717, 1.165) is 28.8 Å². The molecule has 0 spiro atoms. The molecule has 0 bridgehead atoms. The molecule has 5 rings (SSSR count). The number of aryl methyl sites for hydroxylation is 1. The summed E-state index contributed by atoms with van der Waals surface area (Å²) in [6.45, 7) is 1.68. The third-order valence-electron chi connectivity index (χ3n) is 6.12. The number of ketones is 1. The second-order valence-corrected chi connectivity index (χ2v) is 8.34. The molecule has 0 radical (unpaired) electrons. The Balaban J connectivity index is 1.23. The first kappa shape index (κ1) is 18.0. The molecule has 29 heavy (non-hydrogen) atoms. The Bertz CT molecular complexity index is 1100. The van der Waals surface area contributed by atoms with Gasteiger partial charge in [-0.05, 0) is 55.5 Å². The number of fused-ring (bicyclic) bond motifs is 1. The van der Waals surface area contributed by atoms with E-state index < -0.39 is 5.54 Å². The van der Waals surface area contributed by atoms with Gasteiger partial charge in [-0.2, -0.15) is 0 Å². The topological polar surface area (TPSA) is 74.8 Å². The average molecular weight is 391 g/mol. The van der Waals surface area contributed by atoms with Gasteiger partial charge in [0.05, 0.1) is 16.6 Å². The maximum absolute atomic E-state index is 13.4. The molecule has 2 fully saturated rings. The Labute approximate surface area is 167 Å². The Morgan fingerprint density at radius 3 is 2.76 bits per heavy atom. The van der Waals surface area contributed by atoms with Gasteiger partial charge in [0, 0.05) is 18.3 Å². The van der Waals surface area contributed by atoms with Gasteiger partial charge in [0.2, 0.25) is 5.91 Å². The second kappa shape index (κ2) is 6.51. The van der Waals surface area contributed by atoms with Crippen LogP contribution in [0.1, 0.15) is 42.1 Å². The second-order valence-electron chi connectivity index (χ2n) is 8.34. The van der Waals surface area contributed by atoms with Gasteiger partial charge in [0.15, 0.2) is 5.78 Å². The van der Waals surface area contributed by atoms with E-state index in [2.05, 4.69) is 15.3 Å². The van der Waals surface area contributed by atoms with E-state index in [4.69, 9.17) is 0 Å². The van der Waals surface area contributed by atoms with Crippen molar-refractivity contribution in [2.24, 2.45) is 5.92 Å². The molecular weight excluding hydrogens is 369 g/mol. The van der Waals surface area contributed by atoms with Gasteiger partial charge in [0.1, 0.15) is 11.6 Å². The van der Waals surface area contributed by atoms with Gasteiger partial charge in [-0.25, -0.2) is 9.37 Å². The van der Waals surface area contributed by atoms with E-state index in [9.17, 15) is 14.0 Å². The Morgan fingerprint density at radius 2 is 2.03 bits per heavy atom. The zero-order chi connectivity index (χ0) is 20.2. The van der Waals surface area contributed by atoms with Crippen LogP contribution in [0.15, 0.2) is 42.5 Å². The number of nitrogens with zero attached hydrogens (tertiary/aromatic N) is 1. The fourth-order valence-electron chi connectivity index (χ4n) is 4.03. The third kappa shape index (κ3) is 3.33. The number of hydrogen-bond donors (Lipinski definition) is 2. The van der Waals surface area contributed by atoms with Gasteiger partial charge in [-0.3, -0.25) is 9.59 Å². The monoisotopic (exact) mass is 391 g/mol. The molecule has 2 N–H and O–H groups in total. The first-order valence-electron chi connectivity index (χ1n) is 10.0. The number of rotatable bonds is 6. The average Bonchev–Trinajstić information content (AvgIpc) is 3.61. The van der Waals surface area contributed by atoms with Crippen molar-refractivity contribution in [3.63, 3.8) is 0 Å². The predicted molar refractivity (Wildman–Crippen MR) is 107 cm³/mol. The van der Waals surface area contributed by atoms with Gasteiger partial charge in [0.25, 0.3) is 0 Å². The Morgan fingerprint density at radius 1 is 1.24 bits per heavy atom. The minimum absolute atomic E-state index is 0.00204. The maximum atomic E-state index is 13.4. The SMILES string of the molecule is Cc1cc(CC(=O)C2(NC(=O)[C@H]3C[C@@H]3c3nc4ccccc4[nH]3)CC2)ccc1F. The lowest BCUT2D eigenvalue weighted by Crippen LogP contribution is -2.44. The molecular formula is C23H22FN3O2. The van der Waals surface area contributed by atoms with Gasteiger partial charge in [-0.15, -0.1) is 0 Å². The summed E-state index contributed by atoms with van der Waals surface area (Å²) in [6.07, 6.45) is 2.28. The molecule has 3 aromatic rings. The van der Waals surface area contributed by atoms with Crippen LogP contribution in [0, 0.1) is 18.7 Å². The Hall–Kier alpha value is -3.02. The first-order valence-corrected chi connectivity index (χ1v) is 10.0. The van der Waals surface area contributed by atoms with Crippen molar-refractivity contribution in [3.05, 3.63) is 65.2 Å². The van der Waals surface area contributed by atoms with Gasteiger partial charge in [-0.1, -0.05) is 24.3 Å². The molecule has 1 amide bonds. The lowest BCUT2D eigenvalue weighted by molar-refractivity contribution is -0.129. The molecule has 2 aliphatic carbocycles. The number of aromatic nitrogens is 2. The van der Waals surface area contributed by atoms with Crippen LogP contribution < -0.4 is 5.32 Å². The van der Waals surface area contributed by atoms with E-state index >= 15 is 0 Å². The summed E-state index contributed by atoms with van der Waals surface area (Å²) in [7, 11) is 0. The number of nitrogens with one attached hydrogen (secondary N) is 2. The summed E-state index contributed by atoms with van der Waals surface area (Å²) in [5.74, 6) is 0.418. The molecule has 2 aromatic carbocycles. The molecule has 148 valence electrons. The van der Waals surface area contributed by atoms with Crippen molar-refractivity contribution in [1.82, 2.24) is 15.3 Å². The van der Waals surface area contributed by atoms with Crippen LogP contribution in [0.5, 0.6) is 0 Å². The van der Waals surface area contributed by atoms with Crippen molar-refractivity contribution >= 4 is 22.7 Å². The molecule has 2 aliphatic rings. The highest BCUT2D eigenvalue weighted by molar-refractivity contribution is 5.98. The number of H-pyrrole nitrogens is 1. The summed E-state index contributed by atoms with van der Waals surface area (Å²) in [5.41, 5.74) is 2.42. The molecule has 0 unspecified atom stereocenters. The number of amides is 1. The molecule has 1 heterocycles. The zero-order valence-electron chi connectivity index (χ0n) is 16.2. The molecule has 6 heteroatoms. The number of Topliss-reactive ketones (excluding diaryl/α,β-unsaturated/α-hetero) is 1. The van der Waals surface area contributed by atoms with Crippen molar-refractivity contribution < 1.29 is 14.0 Å². The van der Waals surface area contributed by atoms with Crippen molar-refractivity contribution in [3.8, 4) is 0 Å². The van der Waals surface area contributed by atoms with Crippen molar-refractivity contribution in [1.29, 1.82) is 0 Å². The largest absolute Gasteiger partial charge is 0.343 e. The van der Waals surface area contributed by atoms with Gasteiger partial charge < -0.3 is 10.3 Å². The fourth-order valence-corrected chi connectivity index (χ4v) is 4.03. The van der Waals surface area contributed by atoms with Crippen molar-refractivity contribution in [2.75, 3.05) is 0 Å². The minimum atomic E-state index is -0.750. The number of carbonyl (C=O) groups is 2. The molecule has 5 nitrogen and oxygen atoms in total. The predicted octanol–water partition coefficient (Wildman–Crippen LogP) is 3.57. The highest BCUT2D eigenvalue weighted by Gasteiger charge is 2.54. The number of aromatic amines is 1. The number of imidazole rings is 1.